The number of carbonyl (C=O) groups is 1. The van der Waals surface area contributed by atoms with E-state index >= 15 is 0 Å². The van der Waals surface area contributed by atoms with Crippen molar-refractivity contribution < 1.29 is 19.0 Å². The number of halogens is 2. The number of hydrogen-bond donors (Lipinski definition) is 0. The average molecular weight is 546 g/mol. The summed E-state index contributed by atoms with van der Waals surface area (Å²) in [4.78, 5) is 15.1. The van der Waals surface area contributed by atoms with Crippen LogP contribution in [0.3, 0.4) is 0 Å². The monoisotopic (exact) mass is 545 g/mol. The summed E-state index contributed by atoms with van der Waals surface area (Å²) in [7, 11) is 1.61. The van der Waals surface area contributed by atoms with E-state index in [9.17, 15) is 4.79 Å². The molecule has 1 amide bonds. The highest BCUT2D eigenvalue weighted by Crippen LogP contribution is 2.38. The SMILES string of the molecule is COc1ccc(OCCOc2c(Cl)cc(Cl)cc2C=C2SC(=S)N(Cc3ccccc3)C2=O)cc1. The summed E-state index contributed by atoms with van der Waals surface area (Å²) in [6.07, 6.45) is 1.71. The quantitative estimate of drug-likeness (QED) is 0.166. The van der Waals surface area contributed by atoms with Crippen LogP contribution in [0.15, 0.2) is 71.6 Å². The van der Waals surface area contributed by atoms with Gasteiger partial charge in [-0.25, -0.2) is 0 Å². The van der Waals surface area contributed by atoms with E-state index in [1.54, 1.807) is 30.2 Å². The van der Waals surface area contributed by atoms with Crippen molar-refractivity contribution in [3.63, 3.8) is 0 Å². The highest BCUT2D eigenvalue weighted by atomic mass is 35.5. The summed E-state index contributed by atoms with van der Waals surface area (Å²) in [6, 6.07) is 20.3. The first kappa shape index (κ1) is 25.4. The van der Waals surface area contributed by atoms with Gasteiger partial charge < -0.3 is 14.2 Å². The van der Waals surface area contributed by atoms with Gasteiger partial charge in [0, 0.05) is 10.6 Å². The number of hydrogen-bond acceptors (Lipinski definition) is 6. The molecule has 0 radical (unpaired) electrons. The van der Waals surface area contributed by atoms with Gasteiger partial charge in [0.15, 0.2) is 0 Å². The molecule has 5 nitrogen and oxygen atoms in total. The van der Waals surface area contributed by atoms with E-state index in [4.69, 9.17) is 49.6 Å². The third-order valence-corrected chi connectivity index (χ3v) is 6.92. The van der Waals surface area contributed by atoms with Crippen LogP contribution >= 0.6 is 47.2 Å². The second kappa shape index (κ2) is 11.8. The molecule has 0 atom stereocenters. The van der Waals surface area contributed by atoms with Gasteiger partial charge in [-0.1, -0.05) is 77.5 Å². The number of carbonyl (C=O) groups excluding carboxylic acids is 1. The fraction of sp³-hybridized carbons (Fsp3) is 0.154. The van der Waals surface area contributed by atoms with E-state index in [0.29, 0.717) is 49.5 Å². The van der Waals surface area contributed by atoms with E-state index in [2.05, 4.69) is 0 Å². The van der Waals surface area contributed by atoms with Gasteiger partial charge >= 0.3 is 0 Å². The van der Waals surface area contributed by atoms with Crippen molar-refractivity contribution in [2.24, 2.45) is 0 Å². The van der Waals surface area contributed by atoms with E-state index < -0.39 is 0 Å². The number of thioether (sulfide) groups is 1. The van der Waals surface area contributed by atoms with Crippen molar-refractivity contribution in [2.45, 2.75) is 6.54 Å². The lowest BCUT2D eigenvalue weighted by molar-refractivity contribution is -0.122. The van der Waals surface area contributed by atoms with Crippen LogP contribution in [-0.2, 0) is 11.3 Å². The van der Waals surface area contributed by atoms with Crippen molar-refractivity contribution in [3.8, 4) is 17.2 Å². The van der Waals surface area contributed by atoms with Gasteiger partial charge in [-0.3, -0.25) is 9.69 Å². The molecule has 1 fully saturated rings. The second-order valence-corrected chi connectivity index (χ2v) is 9.95. The summed E-state index contributed by atoms with van der Waals surface area (Å²) < 4.78 is 17.3. The van der Waals surface area contributed by atoms with E-state index in [0.717, 1.165) is 11.3 Å². The van der Waals surface area contributed by atoms with Gasteiger partial charge in [-0.05, 0) is 48.0 Å². The zero-order valence-electron chi connectivity index (χ0n) is 18.7. The smallest absolute Gasteiger partial charge is 0.266 e. The van der Waals surface area contributed by atoms with Crippen molar-refractivity contribution in [1.29, 1.82) is 0 Å². The van der Waals surface area contributed by atoms with Crippen LogP contribution in [0.4, 0.5) is 0 Å². The molecule has 1 aliphatic heterocycles. The molecule has 0 aromatic heterocycles. The molecule has 4 rings (SSSR count). The highest BCUT2D eigenvalue weighted by molar-refractivity contribution is 8.26. The Morgan fingerprint density at radius 1 is 0.971 bits per heavy atom. The number of methoxy groups -OCH3 is 1. The molecule has 0 N–H and O–H groups in total. The second-order valence-electron chi connectivity index (χ2n) is 7.43. The third kappa shape index (κ3) is 6.49. The summed E-state index contributed by atoms with van der Waals surface area (Å²) in [5.74, 6) is 1.69. The maximum absolute atomic E-state index is 13.1. The van der Waals surface area contributed by atoms with Crippen LogP contribution in [0.2, 0.25) is 10.0 Å². The number of benzene rings is 3. The molecule has 0 unspecified atom stereocenters. The van der Waals surface area contributed by atoms with Crippen molar-refractivity contribution in [2.75, 3.05) is 20.3 Å². The van der Waals surface area contributed by atoms with E-state index in [-0.39, 0.29) is 12.5 Å². The maximum atomic E-state index is 13.1. The van der Waals surface area contributed by atoms with Crippen LogP contribution in [0, 0.1) is 0 Å². The Kier molecular flexibility index (Phi) is 8.57. The lowest BCUT2D eigenvalue weighted by Gasteiger charge is -2.14. The molecule has 0 aliphatic carbocycles. The van der Waals surface area contributed by atoms with Gasteiger partial charge in [0.25, 0.3) is 5.91 Å². The van der Waals surface area contributed by atoms with Crippen LogP contribution in [0.1, 0.15) is 11.1 Å². The Balaban J connectivity index is 1.46. The average Bonchev–Trinajstić information content (AvgIpc) is 3.11. The molecule has 35 heavy (non-hydrogen) atoms. The van der Waals surface area contributed by atoms with Crippen LogP contribution in [0.5, 0.6) is 17.2 Å². The molecular formula is C26H21Cl2NO4S2. The molecular weight excluding hydrogens is 525 g/mol. The standard InChI is InChI=1S/C26H21Cl2NO4S2/c1-31-20-7-9-21(10-8-20)32-11-12-33-24-18(13-19(27)15-22(24)28)14-23-25(30)29(26(34)35-23)16-17-5-3-2-4-6-17/h2-10,13-15H,11-12,16H2,1H3. The topological polar surface area (TPSA) is 48.0 Å². The fourth-order valence-electron chi connectivity index (χ4n) is 3.36. The Morgan fingerprint density at radius 2 is 1.66 bits per heavy atom. The van der Waals surface area contributed by atoms with Gasteiger partial charge in [0.2, 0.25) is 0 Å². The third-order valence-electron chi connectivity index (χ3n) is 5.04. The molecule has 0 spiro atoms. The van der Waals surface area contributed by atoms with Gasteiger partial charge in [-0.15, -0.1) is 0 Å². The number of thiocarbonyl (C=S) groups is 1. The summed E-state index contributed by atoms with van der Waals surface area (Å²) in [6.45, 7) is 0.943. The predicted molar refractivity (Wildman–Crippen MR) is 146 cm³/mol. The Morgan fingerprint density at radius 3 is 2.37 bits per heavy atom. The first-order chi connectivity index (χ1) is 16.9. The molecule has 3 aromatic rings. The first-order valence-corrected chi connectivity index (χ1v) is 12.6. The molecule has 3 aromatic carbocycles. The van der Waals surface area contributed by atoms with Crippen molar-refractivity contribution in [3.05, 3.63) is 92.8 Å². The van der Waals surface area contributed by atoms with Crippen LogP contribution in [-0.4, -0.2) is 35.5 Å². The van der Waals surface area contributed by atoms with Crippen LogP contribution < -0.4 is 14.2 Å². The van der Waals surface area contributed by atoms with Crippen LogP contribution in [0.25, 0.3) is 6.08 Å². The molecule has 1 heterocycles. The minimum absolute atomic E-state index is 0.172. The van der Waals surface area contributed by atoms with Gasteiger partial charge in [-0.2, -0.15) is 0 Å². The molecule has 1 saturated heterocycles. The normalized spacial score (nSPS) is 14.5. The van der Waals surface area contributed by atoms with Gasteiger partial charge in [0.1, 0.15) is 34.8 Å². The van der Waals surface area contributed by atoms with Crippen molar-refractivity contribution >= 4 is 63.5 Å². The van der Waals surface area contributed by atoms with Gasteiger partial charge in [0.05, 0.1) is 23.6 Å². The lowest BCUT2D eigenvalue weighted by Crippen LogP contribution is -2.27. The highest BCUT2D eigenvalue weighted by Gasteiger charge is 2.32. The molecule has 180 valence electrons. The zero-order chi connectivity index (χ0) is 24.8. The lowest BCUT2D eigenvalue weighted by atomic mass is 10.1. The Hall–Kier alpha value is -2.71. The summed E-state index contributed by atoms with van der Waals surface area (Å²) in [5.41, 5.74) is 1.59. The maximum Gasteiger partial charge on any atom is 0.266 e. The summed E-state index contributed by atoms with van der Waals surface area (Å²) >= 11 is 19.4. The number of rotatable bonds is 9. The minimum atomic E-state index is -0.172. The predicted octanol–water partition coefficient (Wildman–Crippen LogP) is 6.86. The van der Waals surface area contributed by atoms with Crippen molar-refractivity contribution in [1.82, 2.24) is 4.90 Å². The number of ether oxygens (including phenoxy) is 3. The van der Waals surface area contributed by atoms with E-state index in [1.807, 2.05) is 54.6 Å². The molecule has 1 aliphatic rings. The summed E-state index contributed by atoms with van der Waals surface area (Å²) in [5, 5.41) is 0.774. The number of nitrogens with zero attached hydrogens (tertiary/aromatic N) is 1. The van der Waals surface area contributed by atoms with E-state index in [1.165, 1.54) is 11.8 Å². The number of amides is 1. The molecule has 0 bridgehead atoms. The molecule has 0 saturated carbocycles. The Labute approximate surface area is 223 Å². The fourth-order valence-corrected chi connectivity index (χ4v) is 5.17. The largest absolute Gasteiger partial charge is 0.497 e. The minimum Gasteiger partial charge on any atom is -0.497 e. The molecule has 9 heteroatoms. The Bertz CT molecular complexity index is 1250. The zero-order valence-corrected chi connectivity index (χ0v) is 21.8. The first-order valence-electron chi connectivity index (χ1n) is 10.6.